The van der Waals surface area contributed by atoms with Crippen molar-refractivity contribution in [3.63, 3.8) is 0 Å². The molecule has 27 heavy (non-hydrogen) atoms. The van der Waals surface area contributed by atoms with Crippen molar-refractivity contribution >= 4 is 0 Å². The first-order chi connectivity index (χ1) is 11.9. The molecule has 7 heteroatoms. The fourth-order valence-corrected chi connectivity index (χ4v) is 2.06. The summed E-state index contributed by atoms with van der Waals surface area (Å²) >= 11 is 0. The Bertz CT molecular complexity index is 702. The smallest absolute Gasteiger partial charge is 1.00 e. The minimum Gasteiger partial charge on any atom is -1.00 e. The summed E-state index contributed by atoms with van der Waals surface area (Å²) in [5, 5.41) is 0. The van der Waals surface area contributed by atoms with Crippen LogP contribution in [0.5, 0.6) is 0 Å². The third kappa shape index (κ3) is 7.92. The van der Waals surface area contributed by atoms with Gasteiger partial charge in [-0.05, 0) is 48.5 Å². The van der Waals surface area contributed by atoms with Gasteiger partial charge >= 0.3 is 19.5 Å². The summed E-state index contributed by atoms with van der Waals surface area (Å²) in [4.78, 5) is 16.7. The van der Waals surface area contributed by atoms with E-state index in [1.165, 1.54) is 0 Å². The van der Waals surface area contributed by atoms with Gasteiger partial charge in [-0.1, -0.05) is 24.3 Å². The molecule has 0 fully saturated rings. The number of nitrogens with zero attached hydrogens (tertiary/aromatic N) is 4. The van der Waals surface area contributed by atoms with Crippen molar-refractivity contribution in [2.24, 2.45) is 0 Å². The van der Waals surface area contributed by atoms with Crippen molar-refractivity contribution in [1.82, 2.24) is 19.9 Å². The average Bonchev–Trinajstić information content (AvgIpc) is 2.71. The fraction of sp³-hybridized carbons (Fsp3) is 0. The fourth-order valence-electron chi connectivity index (χ4n) is 2.06. The maximum atomic E-state index is 4.19. The van der Waals surface area contributed by atoms with Crippen LogP contribution in [0, 0.1) is 0 Å². The summed E-state index contributed by atoms with van der Waals surface area (Å²) in [5.74, 6) is 0. The minimum atomic E-state index is 0. The van der Waals surface area contributed by atoms with Crippen molar-refractivity contribution in [2.75, 3.05) is 0 Å². The molecule has 4 aromatic heterocycles. The van der Waals surface area contributed by atoms with Gasteiger partial charge in [0.25, 0.3) is 0 Å². The molecule has 4 nitrogen and oxygen atoms in total. The van der Waals surface area contributed by atoms with E-state index >= 15 is 0 Å². The van der Waals surface area contributed by atoms with Crippen LogP contribution < -0.4 is 24.8 Å². The molecule has 0 amide bonds. The molecular formula is C20H16Cl2N4Ru. The van der Waals surface area contributed by atoms with E-state index in [2.05, 4.69) is 19.9 Å². The second kappa shape index (κ2) is 13.9. The molecule has 0 bridgehead atoms. The van der Waals surface area contributed by atoms with Gasteiger partial charge in [-0.3, -0.25) is 19.9 Å². The Hall–Kier alpha value is -2.20. The van der Waals surface area contributed by atoms with Crippen LogP contribution in [0.3, 0.4) is 0 Å². The summed E-state index contributed by atoms with van der Waals surface area (Å²) in [6.07, 6.45) is 7.07. The largest absolute Gasteiger partial charge is 2.00 e. The summed E-state index contributed by atoms with van der Waals surface area (Å²) in [7, 11) is 0. The first-order valence-corrected chi connectivity index (χ1v) is 7.58. The van der Waals surface area contributed by atoms with Gasteiger partial charge in [0.2, 0.25) is 0 Å². The molecule has 0 aliphatic rings. The standard InChI is InChI=1S/2C10H8N2.2ClH.Ru/c2*1-3-7-11-9(5-1)10-6-2-4-8-12-10;;;/h2*1-8H;2*1H;/q;;;;+2/p-2. The molecule has 0 aliphatic heterocycles. The van der Waals surface area contributed by atoms with Crippen LogP contribution in [0.25, 0.3) is 22.8 Å². The molecule has 4 rings (SSSR count). The number of halogens is 2. The Morgan fingerprint density at radius 1 is 0.370 bits per heavy atom. The summed E-state index contributed by atoms with van der Waals surface area (Å²) in [6.45, 7) is 0. The molecule has 0 spiro atoms. The van der Waals surface area contributed by atoms with E-state index in [1.807, 2.05) is 72.8 Å². The van der Waals surface area contributed by atoms with Gasteiger partial charge in [0.1, 0.15) is 0 Å². The molecular weight excluding hydrogens is 468 g/mol. The van der Waals surface area contributed by atoms with E-state index in [0.717, 1.165) is 22.8 Å². The Morgan fingerprint density at radius 2 is 0.593 bits per heavy atom. The topological polar surface area (TPSA) is 51.6 Å². The van der Waals surface area contributed by atoms with E-state index in [9.17, 15) is 0 Å². The molecule has 0 atom stereocenters. The van der Waals surface area contributed by atoms with E-state index < -0.39 is 0 Å². The van der Waals surface area contributed by atoms with Crippen LogP contribution in [0.15, 0.2) is 97.6 Å². The van der Waals surface area contributed by atoms with Crippen molar-refractivity contribution in [3.05, 3.63) is 97.6 Å². The maximum Gasteiger partial charge on any atom is 2.00 e. The Morgan fingerprint density at radius 3 is 0.741 bits per heavy atom. The molecule has 0 unspecified atom stereocenters. The quantitative estimate of drug-likeness (QED) is 0.319. The van der Waals surface area contributed by atoms with E-state index in [1.54, 1.807) is 24.8 Å². The zero-order chi connectivity index (χ0) is 16.5. The predicted octanol–water partition coefficient (Wildman–Crippen LogP) is -1.71. The van der Waals surface area contributed by atoms with E-state index in [-0.39, 0.29) is 44.3 Å². The van der Waals surface area contributed by atoms with Crippen molar-refractivity contribution in [2.45, 2.75) is 0 Å². The molecule has 138 valence electrons. The first-order valence-electron chi connectivity index (χ1n) is 7.58. The third-order valence-electron chi connectivity index (χ3n) is 3.18. The van der Waals surface area contributed by atoms with E-state index in [0.29, 0.717) is 0 Å². The number of rotatable bonds is 2. The SMILES string of the molecule is [Cl-].[Cl-].[Ru+2].c1ccc(-c2ccccn2)nc1.c1ccc(-c2ccccn2)nc1. The molecule has 4 aromatic rings. The van der Waals surface area contributed by atoms with Crippen molar-refractivity contribution in [3.8, 4) is 22.8 Å². The van der Waals surface area contributed by atoms with Crippen LogP contribution in [0.4, 0.5) is 0 Å². The van der Waals surface area contributed by atoms with Gasteiger partial charge < -0.3 is 24.8 Å². The molecule has 0 aromatic carbocycles. The molecule has 0 saturated heterocycles. The summed E-state index contributed by atoms with van der Waals surface area (Å²) < 4.78 is 0. The Balaban J connectivity index is 0.000000451. The third-order valence-corrected chi connectivity index (χ3v) is 3.18. The van der Waals surface area contributed by atoms with Crippen molar-refractivity contribution < 1.29 is 44.3 Å². The molecule has 0 aliphatic carbocycles. The summed E-state index contributed by atoms with van der Waals surface area (Å²) in [5.41, 5.74) is 3.66. The van der Waals surface area contributed by atoms with Crippen LogP contribution >= 0.6 is 0 Å². The molecule has 4 heterocycles. The van der Waals surface area contributed by atoms with Crippen LogP contribution in [-0.2, 0) is 19.5 Å². The number of pyridine rings is 4. The van der Waals surface area contributed by atoms with E-state index in [4.69, 9.17) is 0 Å². The van der Waals surface area contributed by atoms with Gasteiger partial charge in [-0.25, -0.2) is 0 Å². The maximum absolute atomic E-state index is 4.19. The first kappa shape index (κ1) is 24.8. The predicted molar refractivity (Wildman–Crippen MR) is 94.9 cm³/mol. The van der Waals surface area contributed by atoms with Gasteiger partial charge in [-0.2, -0.15) is 0 Å². The number of hydrogen-bond donors (Lipinski definition) is 0. The monoisotopic (exact) mass is 484 g/mol. The van der Waals surface area contributed by atoms with Gasteiger partial charge in [0, 0.05) is 24.8 Å². The van der Waals surface area contributed by atoms with Crippen molar-refractivity contribution in [1.29, 1.82) is 0 Å². The Labute approximate surface area is 184 Å². The second-order valence-corrected chi connectivity index (χ2v) is 4.86. The normalized spacial score (nSPS) is 8.59. The van der Waals surface area contributed by atoms with Gasteiger partial charge in [0.15, 0.2) is 0 Å². The second-order valence-electron chi connectivity index (χ2n) is 4.86. The summed E-state index contributed by atoms with van der Waals surface area (Å²) in [6, 6.07) is 23.2. The minimum absolute atomic E-state index is 0. The van der Waals surface area contributed by atoms with Gasteiger partial charge in [0.05, 0.1) is 22.8 Å². The zero-order valence-electron chi connectivity index (χ0n) is 14.1. The van der Waals surface area contributed by atoms with Gasteiger partial charge in [-0.15, -0.1) is 0 Å². The number of hydrogen-bond acceptors (Lipinski definition) is 4. The molecule has 0 saturated carbocycles. The zero-order valence-corrected chi connectivity index (χ0v) is 17.4. The van der Waals surface area contributed by atoms with Crippen LogP contribution in [-0.4, -0.2) is 19.9 Å². The molecule has 0 radical (unpaired) electrons. The number of aromatic nitrogens is 4. The van der Waals surface area contributed by atoms with Crippen LogP contribution in [0.2, 0.25) is 0 Å². The average molecular weight is 484 g/mol. The Kier molecular flexibility index (Phi) is 12.8. The molecule has 0 N–H and O–H groups in total. The van der Waals surface area contributed by atoms with Crippen LogP contribution in [0.1, 0.15) is 0 Å².